The van der Waals surface area contributed by atoms with E-state index in [1.807, 2.05) is 7.05 Å². The lowest BCUT2D eigenvalue weighted by Gasteiger charge is -2.27. The molecule has 1 aliphatic rings. The first kappa shape index (κ1) is 12.1. The Morgan fingerprint density at radius 3 is 3.07 bits per heavy atom. The molecule has 1 fully saturated rings. The van der Waals surface area contributed by atoms with Gasteiger partial charge in [0, 0.05) is 24.9 Å². The summed E-state index contributed by atoms with van der Waals surface area (Å²) in [5.74, 6) is 0.243. The first-order valence-electron chi connectivity index (χ1n) is 5.17. The van der Waals surface area contributed by atoms with Crippen molar-refractivity contribution < 1.29 is 8.76 Å². The molecule has 0 bridgehead atoms. The molecule has 14 heavy (non-hydrogen) atoms. The summed E-state index contributed by atoms with van der Waals surface area (Å²) in [5, 5.41) is 3.37. The van der Waals surface area contributed by atoms with Crippen molar-refractivity contribution in [3.63, 3.8) is 0 Å². The second kappa shape index (κ2) is 6.50. The van der Waals surface area contributed by atoms with Gasteiger partial charge in [-0.1, -0.05) is 17.5 Å². The molecule has 0 amide bonds. The summed E-state index contributed by atoms with van der Waals surface area (Å²) >= 11 is -1.91. The molecule has 2 atom stereocenters. The van der Waals surface area contributed by atoms with Gasteiger partial charge in [0.15, 0.2) is 0 Å². The van der Waals surface area contributed by atoms with Crippen LogP contribution in [0.15, 0.2) is 0 Å². The lowest BCUT2D eigenvalue weighted by atomic mass is 10.1. The van der Waals surface area contributed by atoms with Gasteiger partial charge in [0.1, 0.15) is 0 Å². The summed E-state index contributed by atoms with van der Waals surface area (Å²) < 4.78 is 20.8. The van der Waals surface area contributed by atoms with E-state index in [-0.39, 0.29) is 5.75 Å². The number of nitrogens with zero attached hydrogens (tertiary/aromatic N) is 1. The third kappa shape index (κ3) is 4.50. The molecule has 0 spiro atoms. The van der Waals surface area contributed by atoms with Crippen molar-refractivity contribution in [1.29, 1.82) is 0 Å². The van der Waals surface area contributed by atoms with Gasteiger partial charge in [-0.25, -0.2) is 0 Å². The molecule has 0 radical (unpaired) electrons. The highest BCUT2D eigenvalue weighted by molar-refractivity contribution is 7.79. The predicted molar refractivity (Wildman–Crippen MR) is 56.9 cm³/mol. The van der Waals surface area contributed by atoms with Crippen LogP contribution in [0.25, 0.3) is 0 Å². The average Bonchev–Trinajstić information content (AvgIpc) is 2.42. The van der Waals surface area contributed by atoms with E-state index in [0.717, 1.165) is 13.1 Å². The minimum absolute atomic E-state index is 0.243. The van der Waals surface area contributed by atoms with Crippen molar-refractivity contribution >= 4 is 11.1 Å². The third-order valence-corrected chi connectivity index (χ3v) is 3.27. The second-order valence-corrected chi connectivity index (χ2v) is 4.86. The van der Waals surface area contributed by atoms with Gasteiger partial charge in [-0.3, -0.25) is 4.21 Å². The molecular weight excluding hydrogens is 200 g/mol. The van der Waals surface area contributed by atoms with E-state index in [1.54, 1.807) is 0 Å². The second-order valence-electron chi connectivity index (χ2n) is 3.84. The standard InChI is InChI=1S/C9H20N2O2S/c1-11(6-7-14(12)13)9-4-2-3-5-10-8-9/h9-10H,2-8H2,1H3,(H,12,13)/p-1. The van der Waals surface area contributed by atoms with E-state index in [9.17, 15) is 8.76 Å². The van der Waals surface area contributed by atoms with Gasteiger partial charge in [0.2, 0.25) is 0 Å². The summed E-state index contributed by atoms with van der Waals surface area (Å²) in [4.78, 5) is 2.15. The number of hydrogen-bond acceptors (Lipinski definition) is 4. The van der Waals surface area contributed by atoms with Crippen LogP contribution in [0.5, 0.6) is 0 Å². The average molecular weight is 219 g/mol. The molecule has 4 nitrogen and oxygen atoms in total. The Hall–Kier alpha value is 0.0300. The van der Waals surface area contributed by atoms with Gasteiger partial charge in [-0.15, -0.1) is 0 Å². The monoisotopic (exact) mass is 219 g/mol. The molecule has 0 aromatic rings. The van der Waals surface area contributed by atoms with Gasteiger partial charge in [0.25, 0.3) is 0 Å². The molecule has 0 aromatic carbocycles. The van der Waals surface area contributed by atoms with Gasteiger partial charge < -0.3 is 14.8 Å². The van der Waals surface area contributed by atoms with Gasteiger partial charge in [0.05, 0.1) is 0 Å². The smallest absolute Gasteiger partial charge is 0.0229 e. The zero-order valence-corrected chi connectivity index (χ0v) is 9.52. The molecule has 1 N–H and O–H groups in total. The minimum atomic E-state index is -1.91. The van der Waals surface area contributed by atoms with E-state index >= 15 is 0 Å². The maximum Gasteiger partial charge on any atom is 0.0229 e. The van der Waals surface area contributed by atoms with Crippen LogP contribution in [-0.2, 0) is 11.1 Å². The fraction of sp³-hybridized carbons (Fsp3) is 1.00. The molecule has 1 aliphatic heterocycles. The maximum atomic E-state index is 10.4. The summed E-state index contributed by atoms with van der Waals surface area (Å²) in [7, 11) is 2.00. The van der Waals surface area contributed by atoms with Crippen LogP contribution in [0.3, 0.4) is 0 Å². The third-order valence-electron chi connectivity index (χ3n) is 2.75. The molecular formula is C9H19N2O2S-. The van der Waals surface area contributed by atoms with Crippen molar-refractivity contribution in [2.24, 2.45) is 0 Å². The minimum Gasteiger partial charge on any atom is -0.772 e. The number of likely N-dealkylation sites (N-methyl/N-ethyl adjacent to an activating group) is 1. The lowest BCUT2D eigenvalue weighted by Crippen LogP contribution is -2.40. The van der Waals surface area contributed by atoms with Crippen molar-refractivity contribution in [2.45, 2.75) is 25.3 Å². The van der Waals surface area contributed by atoms with Crippen molar-refractivity contribution in [1.82, 2.24) is 10.2 Å². The van der Waals surface area contributed by atoms with E-state index in [0.29, 0.717) is 12.6 Å². The Balaban J connectivity index is 2.26. The molecule has 0 saturated carbocycles. The first-order chi connectivity index (χ1) is 6.70. The normalized spacial score (nSPS) is 26.1. The fourth-order valence-corrected chi connectivity index (χ4v) is 2.22. The Morgan fingerprint density at radius 1 is 1.57 bits per heavy atom. The zero-order chi connectivity index (χ0) is 10.4. The summed E-state index contributed by atoms with van der Waals surface area (Å²) in [5.41, 5.74) is 0. The number of hydrogen-bond donors (Lipinski definition) is 1. The highest BCUT2D eigenvalue weighted by Crippen LogP contribution is 2.09. The van der Waals surface area contributed by atoms with Gasteiger partial charge >= 0.3 is 0 Å². The summed E-state index contributed by atoms with van der Waals surface area (Å²) in [6.07, 6.45) is 3.65. The van der Waals surface area contributed by atoms with Crippen molar-refractivity contribution in [3.05, 3.63) is 0 Å². The SMILES string of the molecule is CN(CCS(=O)[O-])C1CCCCNC1. The Morgan fingerprint density at radius 2 is 2.36 bits per heavy atom. The van der Waals surface area contributed by atoms with Gasteiger partial charge in [-0.2, -0.15) is 0 Å². The Bertz CT molecular complexity index is 182. The first-order valence-corrected chi connectivity index (χ1v) is 6.41. The van der Waals surface area contributed by atoms with Crippen LogP contribution in [0.4, 0.5) is 0 Å². The largest absolute Gasteiger partial charge is 0.772 e. The van der Waals surface area contributed by atoms with Crippen LogP contribution in [-0.4, -0.2) is 52.1 Å². The lowest BCUT2D eigenvalue weighted by molar-refractivity contribution is 0.242. The molecule has 5 heteroatoms. The number of nitrogens with one attached hydrogen (secondary N) is 1. The van der Waals surface area contributed by atoms with E-state index < -0.39 is 11.1 Å². The van der Waals surface area contributed by atoms with Crippen molar-refractivity contribution in [3.8, 4) is 0 Å². The molecule has 1 rings (SSSR count). The Kier molecular flexibility index (Phi) is 5.62. The quantitative estimate of drug-likeness (QED) is 0.673. The fourth-order valence-electron chi connectivity index (χ4n) is 1.78. The maximum absolute atomic E-state index is 10.4. The van der Waals surface area contributed by atoms with Crippen LogP contribution in [0, 0.1) is 0 Å². The van der Waals surface area contributed by atoms with Crippen LogP contribution >= 0.6 is 0 Å². The van der Waals surface area contributed by atoms with Crippen LogP contribution in [0.2, 0.25) is 0 Å². The van der Waals surface area contributed by atoms with Gasteiger partial charge in [-0.05, 0) is 26.4 Å². The summed E-state index contributed by atoms with van der Waals surface area (Å²) in [6.45, 7) is 2.72. The topological polar surface area (TPSA) is 55.4 Å². The molecule has 1 saturated heterocycles. The summed E-state index contributed by atoms with van der Waals surface area (Å²) in [6, 6.07) is 0.501. The van der Waals surface area contributed by atoms with Crippen LogP contribution in [0.1, 0.15) is 19.3 Å². The number of rotatable bonds is 4. The van der Waals surface area contributed by atoms with Crippen molar-refractivity contribution in [2.75, 3.05) is 32.4 Å². The Labute approximate surface area is 88.3 Å². The molecule has 0 aromatic heterocycles. The predicted octanol–water partition coefficient (Wildman–Crippen LogP) is -0.0606. The molecule has 2 unspecified atom stereocenters. The van der Waals surface area contributed by atoms with E-state index in [2.05, 4.69) is 10.2 Å². The highest BCUT2D eigenvalue weighted by Gasteiger charge is 2.15. The zero-order valence-electron chi connectivity index (χ0n) is 8.70. The highest BCUT2D eigenvalue weighted by atomic mass is 32.2. The van der Waals surface area contributed by atoms with E-state index in [4.69, 9.17) is 0 Å². The van der Waals surface area contributed by atoms with Crippen LogP contribution < -0.4 is 5.32 Å². The molecule has 1 heterocycles. The molecule has 84 valence electrons. The molecule has 0 aliphatic carbocycles. The van der Waals surface area contributed by atoms with E-state index in [1.165, 1.54) is 19.3 Å².